The molecule has 112 valence electrons. The van der Waals surface area contributed by atoms with Crippen molar-refractivity contribution in [2.75, 3.05) is 12.3 Å². The number of amides is 1. The molecule has 5 nitrogen and oxygen atoms in total. The first-order valence-corrected chi connectivity index (χ1v) is 8.52. The first kappa shape index (κ1) is 15.4. The first-order valence-electron chi connectivity index (χ1n) is 7.53. The van der Waals surface area contributed by atoms with E-state index >= 15 is 0 Å². The fourth-order valence-electron chi connectivity index (χ4n) is 2.65. The lowest BCUT2D eigenvalue weighted by atomic mass is 9.95. The van der Waals surface area contributed by atoms with Gasteiger partial charge in [-0.3, -0.25) is 4.79 Å². The van der Waals surface area contributed by atoms with Gasteiger partial charge in [0.15, 0.2) is 5.16 Å². The maximum atomic E-state index is 11.7. The quantitative estimate of drug-likeness (QED) is 0.820. The Hall–Kier alpha value is -1.04. The molecule has 6 heteroatoms. The maximum Gasteiger partial charge on any atom is 0.230 e. The summed E-state index contributed by atoms with van der Waals surface area (Å²) in [6.07, 6.45) is 7.27. The van der Waals surface area contributed by atoms with Crippen LogP contribution in [-0.2, 0) is 4.79 Å². The zero-order chi connectivity index (χ0) is 14.4. The largest absolute Gasteiger partial charge is 0.355 e. The molecule has 1 fully saturated rings. The smallest absolute Gasteiger partial charge is 0.230 e. The molecular formula is C14H24N4OS. The molecule has 0 saturated heterocycles. The highest BCUT2D eigenvalue weighted by Crippen LogP contribution is 2.32. The van der Waals surface area contributed by atoms with Crippen LogP contribution in [0.5, 0.6) is 0 Å². The highest BCUT2D eigenvalue weighted by Gasteiger charge is 2.21. The van der Waals surface area contributed by atoms with Crippen molar-refractivity contribution in [3.8, 4) is 0 Å². The van der Waals surface area contributed by atoms with Crippen molar-refractivity contribution in [1.29, 1.82) is 0 Å². The number of nitrogens with zero attached hydrogens (tertiary/aromatic N) is 3. The van der Waals surface area contributed by atoms with E-state index in [1.54, 1.807) is 0 Å². The van der Waals surface area contributed by atoms with Crippen molar-refractivity contribution in [2.45, 2.75) is 63.6 Å². The van der Waals surface area contributed by atoms with Crippen LogP contribution in [0.2, 0.25) is 0 Å². The van der Waals surface area contributed by atoms with E-state index in [1.165, 1.54) is 43.9 Å². The molecule has 0 atom stereocenters. The summed E-state index contributed by atoms with van der Waals surface area (Å²) in [7, 11) is 0. The summed E-state index contributed by atoms with van der Waals surface area (Å²) in [4.78, 5) is 11.7. The van der Waals surface area contributed by atoms with Crippen molar-refractivity contribution in [3.63, 3.8) is 0 Å². The molecule has 1 aliphatic rings. The zero-order valence-electron chi connectivity index (χ0n) is 12.4. The van der Waals surface area contributed by atoms with Gasteiger partial charge in [0.2, 0.25) is 5.91 Å². The number of carbonyl (C=O) groups is 1. The van der Waals surface area contributed by atoms with Crippen LogP contribution in [-0.4, -0.2) is 33.0 Å². The molecule has 0 aromatic carbocycles. The van der Waals surface area contributed by atoms with Crippen molar-refractivity contribution >= 4 is 17.7 Å². The third-order valence-electron chi connectivity index (χ3n) is 3.68. The molecule has 0 radical (unpaired) electrons. The van der Waals surface area contributed by atoms with Gasteiger partial charge in [0, 0.05) is 12.6 Å². The fraction of sp³-hybridized carbons (Fsp3) is 0.786. The Bertz CT molecular complexity index is 440. The summed E-state index contributed by atoms with van der Waals surface area (Å²) in [5, 5.41) is 12.2. The van der Waals surface area contributed by atoms with Crippen molar-refractivity contribution in [1.82, 2.24) is 20.1 Å². The molecule has 1 heterocycles. The summed E-state index contributed by atoms with van der Waals surface area (Å²) in [5.74, 6) is 1.46. The minimum Gasteiger partial charge on any atom is -0.355 e. The molecule has 1 aromatic heterocycles. The molecule has 20 heavy (non-hydrogen) atoms. The average Bonchev–Trinajstić information content (AvgIpc) is 2.84. The van der Waals surface area contributed by atoms with Gasteiger partial charge < -0.3 is 9.88 Å². The molecule has 1 saturated carbocycles. The van der Waals surface area contributed by atoms with Crippen LogP contribution in [0.4, 0.5) is 0 Å². The average molecular weight is 296 g/mol. The lowest BCUT2D eigenvalue weighted by Crippen LogP contribution is -2.26. The number of hydrogen-bond acceptors (Lipinski definition) is 4. The van der Waals surface area contributed by atoms with Gasteiger partial charge in [0.05, 0.1) is 5.75 Å². The summed E-state index contributed by atoms with van der Waals surface area (Å²) >= 11 is 1.50. The van der Waals surface area contributed by atoms with Gasteiger partial charge >= 0.3 is 0 Å². The molecule has 1 N–H and O–H groups in total. The Kier molecular flexibility index (Phi) is 5.88. The monoisotopic (exact) mass is 296 g/mol. The number of aromatic nitrogens is 3. The molecule has 2 rings (SSSR count). The highest BCUT2D eigenvalue weighted by molar-refractivity contribution is 7.99. The van der Waals surface area contributed by atoms with E-state index in [0.29, 0.717) is 11.8 Å². The Balaban J connectivity index is 1.96. The second-order valence-corrected chi connectivity index (χ2v) is 6.27. The second kappa shape index (κ2) is 7.67. The molecule has 0 unspecified atom stereocenters. The van der Waals surface area contributed by atoms with Crippen LogP contribution < -0.4 is 5.32 Å². The predicted molar refractivity (Wildman–Crippen MR) is 80.9 cm³/mol. The van der Waals surface area contributed by atoms with Crippen LogP contribution in [0.3, 0.4) is 0 Å². The molecule has 1 aromatic rings. The minimum atomic E-state index is 0.0766. The minimum absolute atomic E-state index is 0.0766. The Morgan fingerprint density at radius 1 is 1.35 bits per heavy atom. The third kappa shape index (κ3) is 3.98. The van der Waals surface area contributed by atoms with Crippen LogP contribution in [0.1, 0.15) is 57.3 Å². The van der Waals surface area contributed by atoms with E-state index in [4.69, 9.17) is 0 Å². The third-order valence-corrected chi connectivity index (χ3v) is 4.62. The number of thioether (sulfide) groups is 1. The first-order chi connectivity index (χ1) is 9.72. The predicted octanol–water partition coefficient (Wildman–Crippen LogP) is 2.71. The topological polar surface area (TPSA) is 59.8 Å². The van der Waals surface area contributed by atoms with Crippen molar-refractivity contribution in [2.24, 2.45) is 0 Å². The highest BCUT2D eigenvalue weighted by atomic mass is 32.2. The molecule has 1 amide bonds. The Morgan fingerprint density at radius 3 is 2.80 bits per heavy atom. The standard InChI is InChI=1S/C14H24N4OS/c1-3-9-15-13(19)10-20-14-17-16-11(2)18(14)12-7-5-4-6-8-12/h12H,3-10H2,1-2H3,(H,15,19). The van der Waals surface area contributed by atoms with Gasteiger partial charge in [0.25, 0.3) is 0 Å². The van der Waals surface area contributed by atoms with Crippen molar-refractivity contribution < 1.29 is 4.79 Å². The zero-order valence-corrected chi connectivity index (χ0v) is 13.2. The van der Waals surface area contributed by atoms with Gasteiger partial charge in [0.1, 0.15) is 5.82 Å². The van der Waals surface area contributed by atoms with E-state index in [-0.39, 0.29) is 5.91 Å². The van der Waals surface area contributed by atoms with Crippen LogP contribution in [0.25, 0.3) is 0 Å². The van der Waals surface area contributed by atoms with Gasteiger partial charge in [-0.2, -0.15) is 0 Å². The number of hydrogen-bond donors (Lipinski definition) is 1. The van der Waals surface area contributed by atoms with Gasteiger partial charge in [-0.05, 0) is 26.2 Å². The molecule has 0 bridgehead atoms. The second-order valence-electron chi connectivity index (χ2n) is 5.33. The lowest BCUT2D eigenvalue weighted by molar-refractivity contribution is -0.118. The lowest BCUT2D eigenvalue weighted by Gasteiger charge is -2.24. The summed E-state index contributed by atoms with van der Waals surface area (Å²) < 4.78 is 2.23. The summed E-state index contributed by atoms with van der Waals surface area (Å²) in [6.45, 7) is 4.80. The fourth-order valence-corrected chi connectivity index (χ4v) is 3.53. The number of aryl methyl sites for hydroxylation is 1. The number of carbonyl (C=O) groups excluding carboxylic acids is 1. The normalized spacial score (nSPS) is 16.3. The van der Waals surface area contributed by atoms with E-state index < -0.39 is 0 Å². The molecule has 1 aliphatic carbocycles. The number of nitrogens with one attached hydrogen (secondary N) is 1. The van der Waals surface area contributed by atoms with E-state index in [1.807, 2.05) is 6.92 Å². The van der Waals surface area contributed by atoms with Crippen LogP contribution in [0, 0.1) is 6.92 Å². The molecule has 0 aliphatic heterocycles. The van der Waals surface area contributed by atoms with E-state index in [9.17, 15) is 4.79 Å². The summed E-state index contributed by atoms with van der Waals surface area (Å²) in [5.41, 5.74) is 0. The summed E-state index contributed by atoms with van der Waals surface area (Å²) in [6, 6.07) is 0.514. The molecular weight excluding hydrogens is 272 g/mol. The van der Waals surface area contributed by atoms with Gasteiger partial charge in [-0.1, -0.05) is 37.9 Å². The molecule has 0 spiro atoms. The van der Waals surface area contributed by atoms with Gasteiger partial charge in [-0.25, -0.2) is 0 Å². The number of rotatable bonds is 6. The van der Waals surface area contributed by atoms with E-state index in [0.717, 1.165) is 23.9 Å². The van der Waals surface area contributed by atoms with Gasteiger partial charge in [-0.15, -0.1) is 10.2 Å². The maximum absolute atomic E-state index is 11.7. The Morgan fingerprint density at radius 2 is 2.10 bits per heavy atom. The Labute approximate surface area is 124 Å². The SMILES string of the molecule is CCCNC(=O)CSc1nnc(C)n1C1CCCCC1. The van der Waals surface area contributed by atoms with Crippen molar-refractivity contribution in [3.05, 3.63) is 5.82 Å². The van der Waals surface area contributed by atoms with Crippen LogP contribution >= 0.6 is 11.8 Å². The van der Waals surface area contributed by atoms with E-state index in [2.05, 4.69) is 27.0 Å². The van der Waals surface area contributed by atoms with Crippen LogP contribution in [0.15, 0.2) is 5.16 Å².